The summed E-state index contributed by atoms with van der Waals surface area (Å²) in [5, 5.41) is 7.75. The van der Waals surface area contributed by atoms with Crippen molar-refractivity contribution in [2.24, 2.45) is 7.05 Å². The van der Waals surface area contributed by atoms with Gasteiger partial charge in [0.05, 0.1) is 17.7 Å². The summed E-state index contributed by atoms with van der Waals surface area (Å²) in [6.07, 6.45) is 1.36. The molecule has 1 fully saturated rings. The second-order valence-electron chi connectivity index (χ2n) is 6.00. The Bertz CT molecular complexity index is 472. The Morgan fingerprint density at radius 2 is 2.05 bits per heavy atom. The minimum Gasteiger partial charge on any atom is -0.314 e. The lowest BCUT2D eigenvalue weighted by molar-refractivity contribution is -0.129. The van der Waals surface area contributed by atoms with Crippen molar-refractivity contribution in [1.82, 2.24) is 20.0 Å². The maximum absolute atomic E-state index is 12.7. The monoisotopic (exact) mass is 278 g/mol. The highest BCUT2D eigenvalue weighted by Gasteiger charge is 2.35. The average Bonchev–Trinajstić information content (AvgIpc) is 2.80. The van der Waals surface area contributed by atoms with E-state index in [1.54, 1.807) is 0 Å². The third-order valence-corrected chi connectivity index (χ3v) is 4.32. The zero-order chi connectivity index (χ0) is 14.8. The quantitative estimate of drug-likeness (QED) is 0.865. The SMILES string of the molecule is CCc1cc(CC(=O)C(C)(C)N2CCNCC2)n(C)n1. The molecule has 112 valence electrons. The molecule has 0 bridgehead atoms. The highest BCUT2D eigenvalue weighted by Crippen LogP contribution is 2.19. The van der Waals surface area contributed by atoms with Crippen LogP contribution < -0.4 is 5.32 Å². The number of Topliss-reactive ketones (excluding diaryl/α,β-unsaturated/α-hetero) is 1. The Morgan fingerprint density at radius 3 is 2.60 bits per heavy atom. The summed E-state index contributed by atoms with van der Waals surface area (Å²) in [5.41, 5.74) is 1.66. The van der Waals surface area contributed by atoms with Crippen molar-refractivity contribution in [3.8, 4) is 0 Å². The van der Waals surface area contributed by atoms with Gasteiger partial charge < -0.3 is 5.32 Å². The van der Waals surface area contributed by atoms with Crippen LogP contribution in [0.15, 0.2) is 6.07 Å². The Kier molecular flexibility index (Phi) is 4.60. The Labute approximate surface area is 121 Å². The van der Waals surface area contributed by atoms with Crippen LogP contribution in [0.1, 0.15) is 32.2 Å². The van der Waals surface area contributed by atoms with Crippen LogP contribution in [0.3, 0.4) is 0 Å². The number of carbonyl (C=O) groups is 1. The number of ketones is 1. The van der Waals surface area contributed by atoms with E-state index in [2.05, 4.69) is 22.2 Å². The van der Waals surface area contributed by atoms with E-state index in [4.69, 9.17) is 0 Å². The number of aromatic nitrogens is 2. The molecule has 20 heavy (non-hydrogen) atoms. The molecular weight excluding hydrogens is 252 g/mol. The minimum absolute atomic E-state index is 0.269. The first-order valence-corrected chi connectivity index (χ1v) is 7.46. The van der Waals surface area contributed by atoms with Gasteiger partial charge in [0.2, 0.25) is 0 Å². The first-order valence-electron chi connectivity index (χ1n) is 7.46. The third-order valence-electron chi connectivity index (χ3n) is 4.32. The molecule has 0 atom stereocenters. The summed E-state index contributed by atoms with van der Waals surface area (Å²) in [7, 11) is 1.92. The van der Waals surface area contributed by atoms with E-state index < -0.39 is 5.54 Å². The van der Waals surface area contributed by atoms with E-state index in [-0.39, 0.29) is 5.78 Å². The number of piperazine rings is 1. The molecule has 1 saturated heterocycles. The summed E-state index contributed by atoms with van der Waals surface area (Å²) in [4.78, 5) is 15.0. The summed E-state index contributed by atoms with van der Waals surface area (Å²) >= 11 is 0. The fourth-order valence-corrected chi connectivity index (χ4v) is 2.69. The van der Waals surface area contributed by atoms with E-state index in [0.29, 0.717) is 6.42 Å². The van der Waals surface area contributed by atoms with Crippen molar-refractivity contribution < 1.29 is 4.79 Å². The second kappa shape index (κ2) is 6.06. The standard InChI is InChI=1S/C15H26N4O/c1-5-12-10-13(18(4)17-12)11-14(20)15(2,3)19-8-6-16-7-9-19/h10,16H,5-9,11H2,1-4H3. The lowest BCUT2D eigenvalue weighted by atomic mass is 9.92. The topological polar surface area (TPSA) is 50.2 Å². The van der Waals surface area contributed by atoms with Crippen LogP contribution in [0, 0.1) is 0 Å². The molecule has 5 nitrogen and oxygen atoms in total. The molecule has 1 aromatic rings. The molecule has 1 N–H and O–H groups in total. The van der Waals surface area contributed by atoms with Gasteiger partial charge in [-0.25, -0.2) is 0 Å². The van der Waals surface area contributed by atoms with E-state index in [0.717, 1.165) is 44.0 Å². The van der Waals surface area contributed by atoms with Gasteiger partial charge in [-0.1, -0.05) is 6.92 Å². The fourth-order valence-electron chi connectivity index (χ4n) is 2.69. The largest absolute Gasteiger partial charge is 0.314 e. The molecule has 1 aliphatic rings. The van der Waals surface area contributed by atoms with Crippen LogP contribution >= 0.6 is 0 Å². The lowest BCUT2D eigenvalue weighted by Crippen LogP contribution is -2.57. The van der Waals surface area contributed by atoms with Crippen molar-refractivity contribution in [3.63, 3.8) is 0 Å². The molecule has 2 heterocycles. The molecular formula is C15H26N4O. The van der Waals surface area contributed by atoms with Crippen molar-refractivity contribution in [2.45, 2.75) is 39.2 Å². The van der Waals surface area contributed by atoms with Gasteiger partial charge in [0.25, 0.3) is 0 Å². The molecule has 0 amide bonds. The number of hydrogen-bond acceptors (Lipinski definition) is 4. The Morgan fingerprint density at radius 1 is 1.40 bits per heavy atom. The number of nitrogens with one attached hydrogen (secondary N) is 1. The molecule has 0 saturated carbocycles. The molecule has 2 rings (SSSR count). The summed E-state index contributed by atoms with van der Waals surface area (Å²) in [5.74, 6) is 0.269. The van der Waals surface area contributed by atoms with Crippen LogP contribution in [0.25, 0.3) is 0 Å². The van der Waals surface area contributed by atoms with Crippen molar-refractivity contribution in [3.05, 3.63) is 17.5 Å². The lowest BCUT2D eigenvalue weighted by Gasteiger charge is -2.40. The van der Waals surface area contributed by atoms with Gasteiger partial charge in [-0.05, 0) is 26.3 Å². The third kappa shape index (κ3) is 3.10. The van der Waals surface area contributed by atoms with Crippen LogP contribution in [0.5, 0.6) is 0 Å². The van der Waals surface area contributed by atoms with Gasteiger partial charge in [-0.15, -0.1) is 0 Å². The Hall–Kier alpha value is -1.20. The van der Waals surface area contributed by atoms with Crippen LogP contribution in [-0.2, 0) is 24.7 Å². The normalized spacial score (nSPS) is 17.4. The van der Waals surface area contributed by atoms with Gasteiger partial charge in [-0.2, -0.15) is 5.10 Å². The van der Waals surface area contributed by atoms with Gasteiger partial charge >= 0.3 is 0 Å². The molecule has 0 spiro atoms. The second-order valence-corrected chi connectivity index (χ2v) is 6.00. The summed E-state index contributed by atoms with van der Waals surface area (Å²) in [6, 6.07) is 2.05. The van der Waals surface area contributed by atoms with Crippen LogP contribution in [0.4, 0.5) is 0 Å². The maximum atomic E-state index is 12.7. The number of carbonyl (C=O) groups excluding carboxylic acids is 1. The number of aryl methyl sites for hydroxylation is 2. The van der Waals surface area contributed by atoms with Gasteiger partial charge in [0.15, 0.2) is 5.78 Å². The first kappa shape index (κ1) is 15.2. The van der Waals surface area contributed by atoms with Crippen molar-refractivity contribution >= 4 is 5.78 Å². The van der Waals surface area contributed by atoms with E-state index in [9.17, 15) is 4.79 Å². The zero-order valence-electron chi connectivity index (χ0n) is 13.1. The Balaban J connectivity index is 2.07. The van der Waals surface area contributed by atoms with Crippen molar-refractivity contribution in [2.75, 3.05) is 26.2 Å². The highest BCUT2D eigenvalue weighted by molar-refractivity contribution is 5.89. The highest BCUT2D eigenvalue weighted by atomic mass is 16.1. The molecule has 0 radical (unpaired) electrons. The van der Waals surface area contributed by atoms with E-state index >= 15 is 0 Å². The van der Waals surface area contributed by atoms with E-state index in [1.165, 1.54) is 0 Å². The van der Waals surface area contributed by atoms with Gasteiger partial charge in [0, 0.05) is 38.9 Å². The number of rotatable bonds is 5. The van der Waals surface area contributed by atoms with Crippen LogP contribution in [0.2, 0.25) is 0 Å². The molecule has 1 aliphatic heterocycles. The molecule has 5 heteroatoms. The molecule has 1 aromatic heterocycles. The minimum atomic E-state index is -0.404. The maximum Gasteiger partial charge on any atom is 0.158 e. The van der Waals surface area contributed by atoms with Gasteiger partial charge in [-0.3, -0.25) is 14.4 Å². The van der Waals surface area contributed by atoms with Gasteiger partial charge in [0.1, 0.15) is 0 Å². The smallest absolute Gasteiger partial charge is 0.158 e. The zero-order valence-corrected chi connectivity index (χ0v) is 13.1. The first-order chi connectivity index (χ1) is 9.45. The van der Waals surface area contributed by atoms with Crippen LogP contribution in [-0.4, -0.2) is 52.2 Å². The predicted molar refractivity (Wildman–Crippen MR) is 79.8 cm³/mol. The predicted octanol–water partition coefficient (Wildman–Crippen LogP) is 0.778. The number of nitrogens with zero attached hydrogens (tertiary/aromatic N) is 3. The average molecular weight is 278 g/mol. The fraction of sp³-hybridized carbons (Fsp3) is 0.733. The summed E-state index contributed by atoms with van der Waals surface area (Å²) < 4.78 is 1.84. The molecule has 0 aromatic carbocycles. The summed E-state index contributed by atoms with van der Waals surface area (Å²) in [6.45, 7) is 9.95. The molecule has 0 unspecified atom stereocenters. The molecule has 0 aliphatic carbocycles. The van der Waals surface area contributed by atoms with Crippen molar-refractivity contribution in [1.29, 1.82) is 0 Å². The van der Waals surface area contributed by atoms with E-state index in [1.807, 2.05) is 31.6 Å². The number of hydrogen-bond donors (Lipinski definition) is 1.